The summed E-state index contributed by atoms with van der Waals surface area (Å²) in [4.78, 5) is 14.4. The summed E-state index contributed by atoms with van der Waals surface area (Å²) in [5, 5.41) is 0. The first-order valence-electron chi connectivity index (χ1n) is 7.00. The minimum atomic E-state index is -0.633. The summed E-state index contributed by atoms with van der Waals surface area (Å²) in [7, 11) is 1.95. The largest absolute Gasteiger partial charge is 0.341 e. The Balaban J connectivity index is 2.02. The van der Waals surface area contributed by atoms with Gasteiger partial charge in [-0.2, -0.15) is 0 Å². The van der Waals surface area contributed by atoms with Crippen LogP contribution in [0, 0.1) is 11.8 Å². The maximum atomic E-state index is 12.5. The quantitative estimate of drug-likeness (QED) is 0.819. The number of hydrogen-bond donors (Lipinski definition) is 1. The molecule has 0 saturated heterocycles. The van der Waals surface area contributed by atoms with Crippen LogP contribution < -0.4 is 5.73 Å². The Bertz CT molecular complexity index is 297. The van der Waals surface area contributed by atoms with E-state index in [0.717, 1.165) is 19.3 Å². The standard InChI is InChI=1S/C14H26N2O/c1-10-6-4-5-7-12(10)16(3)13(17)14(2,15)11-8-9-11/h10-12H,4-9,15H2,1-3H3. The zero-order valence-corrected chi connectivity index (χ0v) is 11.4. The molecule has 17 heavy (non-hydrogen) atoms. The number of carbonyl (C=O) groups excluding carboxylic acids is 1. The summed E-state index contributed by atoms with van der Waals surface area (Å²) in [6, 6.07) is 0.401. The van der Waals surface area contributed by atoms with Crippen molar-refractivity contribution in [2.75, 3.05) is 7.05 Å². The monoisotopic (exact) mass is 238 g/mol. The number of rotatable bonds is 3. The first-order chi connectivity index (χ1) is 7.94. The van der Waals surface area contributed by atoms with E-state index in [9.17, 15) is 4.79 Å². The number of nitrogens with two attached hydrogens (primary N) is 1. The molecule has 2 aliphatic rings. The number of nitrogens with zero attached hydrogens (tertiary/aromatic N) is 1. The van der Waals surface area contributed by atoms with Gasteiger partial charge in [0.05, 0.1) is 5.54 Å². The van der Waals surface area contributed by atoms with Crippen molar-refractivity contribution in [1.82, 2.24) is 4.90 Å². The summed E-state index contributed by atoms with van der Waals surface area (Å²) in [6.45, 7) is 4.18. The van der Waals surface area contributed by atoms with Gasteiger partial charge in [0.1, 0.15) is 0 Å². The fourth-order valence-corrected chi connectivity index (χ4v) is 3.26. The van der Waals surface area contributed by atoms with Crippen molar-refractivity contribution in [1.29, 1.82) is 0 Å². The van der Waals surface area contributed by atoms with Gasteiger partial charge in [0, 0.05) is 13.1 Å². The molecule has 0 radical (unpaired) electrons. The van der Waals surface area contributed by atoms with E-state index in [2.05, 4.69) is 6.92 Å². The SMILES string of the molecule is CC1CCCCC1N(C)C(=O)C(C)(N)C1CC1. The molecular formula is C14H26N2O. The van der Waals surface area contributed by atoms with Gasteiger partial charge in [0.15, 0.2) is 0 Å². The fourth-order valence-electron chi connectivity index (χ4n) is 3.26. The topological polar surface area (TPSA) is 46.3 Å². The zero-order chi connectivity index (χ0) is 12.6. The van der Waals surface area contributed by atoms with Gasteiger partial charge >= 0.3 is 0 Å². The highest BCUT2D eigenvalue weighted by atomic mass is 16.2. The summed E-state index contributed by atoms with van der Waals surface area (Å²) in [5.41, 5.74) is 5.59. The van der Waals surface area contributed by atoms with E-state index in [0.29, 0.717) is 17.9 Å². The van der Waals surface area contributed by atoms with Crippen molar-refractivity contribution >= 4 is 5.91 Å². The lowest BCUT2D eigenvalue weighted by molar-refractivity contribution is -0.139. The third-order valence-corrected chi connectivity index (χ3v) is 4.77. The van der Waals surface area contributed by atoms with Crippen LogP contribution in [0.15, 0.2) is 0 Å². The normalized spacial score (nSPS) is 32.9. The molecule has 3 atom stereocenters. The summed E-state index contributed by atoms with van der Waals surface area (Å²) < 4.78 is 0. The third-order valence-electron chi connectivity index (χ3n) is 4.77. The minimum Gasteiger partial charge on any atom is -0.341 e. The highest BCUT2D eigenvalue weighted by molar-refractivity contribution is 5.86. The van der Waals surface area contributed by atoms with Crippen molar-refractivity contribution < 1.29 is 4.79 Å². The average molecular weight is 238 g/mol. The van der Waals surface area contributed by atoms with Gasteiger partial charge in [-0.05, 0) is 44.4 Å². The Kier molecular flexibility index (Phi) is 3.48. The van der Waals surface area contributed by atoms with E-state index in [-0.39, 0.29) is 5.91 Å². The Morgan fingerprint density at radius 1 is 1.24 bits per heavy atom. The van der Waals surface area contributed by atoms with E-state index in [1.807, 2.05) is 18.9 Å². The van der Waals surface area contributed by atoms with Crippen LogP contribution in [0.1, 0.15) is 52.4 Å². The van der Waals surface area contributed by atoms with Crippen LogP contribution in [-0.2, 0) is 4.79 Å². The lowest BCUT2D eigenvalue weighted by Crippen LogP contribution is -2.57. The molecule has 0 aliphatic heterocycles. The molecule has 0 spiro atoms. The van der Waals surface area contributed by atoms with Gasteiger partial charge < -0.3 is 10.6 Å². The molecular weight excluding hydrogens is 212 g/mol. The predicted octanol–water partition coefficient (Wildman–Crippen LogP) is 2.15. The molecule has 3 unspecified atom stereocenters. The van der Waals surface area contributed by atoms with Gasteiger partial charge in [-0.15, -0.1) is 0 Å². The van der Waals surface area contributed by atoms with Crippen molar-refractivity contribution in [3.63, 3.8) is 0 Å². The molecule has 0 heterocycles. The Morgan fingerprint density at radius 2 is 1.82 bits per heavy atom. The molecule has 2 fully saturated rings. The second kappa shape index (κ2) is 4.60. The fraction of sp³-hybridized carbons (Fsp3) is 0.929. The van der Waals surface area contributed by atoms with Gasteiger partial charge in [0.25, 0.3) is 0 Å². The summed E-state index contributed by atoms with van der Waals surface area (Å²) >= 11 is 0. The first kappa shape index (κ1) is 12.9. The second-order valence-electron chi connectivity index (χ2n) is 6.30. The molecule has 3 nitrogen and oxygen atoms in total. The highest BCUT2D eigenvalue weighted by Crippen LogP contribution is 2.39. The molecule has 2 saturated carbocycles. The van der Waals surface area contributed by atoms with Crippen LogP contribution in [0.25, 0.3) is 0 Å². The number of likely N-dealkylation sites (N-methyl/N-ethyl adjacent to an activating group) is 1. The lowest BCUT2D eigenvalue weighted by atomic mass is 9.84. The van der Waals surface area contributed by atoms with E-state index in [4.69, 9.17) is 5.73 Å². The highest BCUT2D eigenvalue weighted by Gasteiger charge is 2.46. The maximum absolute atomic E-state index is 12.5. The van der Waals surface area contributed by atoms with Gasteiger partial charge in [0.2, 0.25) is 5.91 Å². The average Bonchev–Trinajstić information content (AvgIpc) is 3.11. The molecule has 2 N–H and O–H groups in total. The first-order valence-corrected chi connectivity index (χ1v) is 7.00. The number of hydrogen-bond acceptors (Lipinski definition) is 2. The zero-order valence-electron chi connectivity index (χ0n) is 11.4. The van der Waals surface area contributed by atoms with Crippen molar-refractivity contribution in [2.45, 2.75) is 64.0 Å². The molecule has 0 aromatic heterocycles. The molecule has 2 rings (SSSR count). The molecule has 0 aromatic rings. The summed E-state index contributed by atoms with van der Waals surface area (Å²) in [5.74, 6) is 1.18. The van der Waals surface area contributed by atoms with E-state index < -0.39 is 5.54 Å². The molecule has 2 aliphatic carbocycles. The van der Waals surface area contributed by atoms with Crippen LogP contribution in [0.2, 0.25) is 0 Å². The number of carbonyl (C=O) groups is 1. The van der Waals surface area contributed by atoms with Crippen LogP contribution >= 0.6 is 0 Å². The minimum absolute atomic E-state index is 0.152. The molecule has 1 amide bonds. The van der Waals surface area contributed by atoms with E-state index >= 15 is 0 Å². The molecule has 3 heteroatoms. The molecule has 0 bridgehead atoms. The summed E-state index contributed by atoms with van der Waals surface area (Å²) in [6.07, 6.45) is 7.18. The van der Waals surface area contributed by atoms with Crippen LogP contribution in [-0.4, -0.2) is 29.4 Å². The lowest BCUT2D eigenvalue weighted by Gasteiger charge is -2.40. The van der Waals surface area contributed by atoms with Gasteiger partial charge in [-0.3, -0.25) is 4.79 Å². The van der Waals surface area contributed by atoms with E-state index in [1.54, 1.807) is 0 Å². The Labute approximate surface area is 105 Å². The maximum Gasteiger partial charge on any atom is 0.242 e. The Hall–Kier alpha value is -0.570. The molecule has 0 aromatic carbocycles. The van der Waals surface area contributed by atoms with Crippen molar-refractivity contribution in [2.24, 2.45) is 17.6 Å². The van der Waals surface area contributed by atoms with Crippen LogP contribution in [0.5, 0.6) is 0 Å². The van der Waals surface area contributed by atoms with Crippen molar-refractivity contribution in [3.8, 4) is 0 Å². The Morgan fingerprint density at radius 3 is 2.35 bits per heavy atom. The van der Waals surface area contributed by atoms with E-state index in [1.165, 1.54) is 19.3 Å². The molecule has 98 valence electrons. The second-order valence-corrected chi connectivity index (χ2v) is 6.30. The predicted molar refractivity (Wildman–Crippen MR) is 69.5 cm³/mol. The van der Waals surface area contributed by atoms with Crippen LogP contribution in [0.3, 0.4) is 0 Å². The van der Waals surface area contributed by atoms with Gasteiger partial charge in [-0.25, -0.2) is 0 Å². The smallest absolute Gasteiger partial charge is 0.242 e. The van der Waals surface area contributed by atoms with Gasteiger partial charge in [-0.1, -0.05) is 19.8 Å². The van der Waals surface area contributed by atoms with Crippen molar-refractivity contribution in [3.05, 3.63) is 0 Å². The number of amides is 1. The third kappa shape index (κ3) is 2.49. The van der Waals surface area contributed by atoms with Crippen LogP contribution in [0.4, 0.5) is 0 Å².